The Labute approximate surface area is 92.5 Å². The molecule has 0 aromatic rings. The summed E-state index contributed by atoms with van der Waals surface area (Å²) in [5.41, 5.74) is 0. The Bertz CT molecular complexity index is 66.1. The maximum absolute atomic E-state index is 2.28. The fourth-order valence-corrected chi connectivity index (χ4v) is 0.667. The summed E-state index contributed by atoms with van der Waals surface area (Å²) < 4.78 is 0. The van der Waals surface area contributed by atoms with Crippen LogP contribution >= 0.6 is 0 Å². The van der Waals surface area contributed by atoms with Gasteiger partial charge in [0, 0.05) is 0 Å². The van der Waals surface area contributed by atoms with Crippen molar-refractivity contribution in [1.29, 1.82) is 0 Å². The first kappa shape index (κ1) is 16.4. The van der Waals surface area contributed by atoms with Gasteiger partial charge in [0.1, 0.15) is 0 Å². The average Bonchev–Trinajstić information content (AvgIpc) is 2.99. The molecular formula is C14H32. The van der Waals surface area contributed by atoms with E-state index in [4.69, 9.17) is 0 Å². The molecule has 0 radical (unpaired) electrons. The van der Waals surface area contributed by atoms with Crippen molar-refractivity contribution in [2.75, 3.05) is 0 Å². The van der Waals surface area contributed by atoms with Gasteiger partial charge >= 0.3 is 0 Å². The molecule has 1 aliphatic rings. The Balaban J connectivity index is 0. The molecule has 0 aliphatic heterocycles. The van der Waals surface area contributed by atoms with Gasteiger partial charge in [-0.2, -0.15) is 0 Å². The lowest BCUT2D eigenvalue weighted by Crippen LogP contribution is -1.66. The highest BCUT2D eigenvalue weighted by Gasteiger charge is 2.12. The SMILES string of the molecule is CC1CC1.CCCC.CCCCCC. The lowest BCUT2D eigenvalue weighted by atomic mass is 10.2. The molecule has 0 heterocycles. The second kappa shape index (κ2) is 15.5. The van der Waals surface area contributed by atoms with E-state index >= 15 is 0 Å². The lowest BCUT2D eigenvalue weighted by molar-refractivity contribution is 0.702. The molecule has 0 unspecified atom stereocenters. The van der Waals surface area contributed by atoms with Gasteiger partial charge < -0.3 is 0 Å². The minimum absolute atomic E-state index is 1.08. The monoisotopic (exact) mass is 200 g/mol. The fourth-order valence-electron chi connectivity index (χ4n) is 0.667. The topological polar surface area (TPSA) is 0 Å². The summed E-state index contributed by atoms with van der Waals surface area (Å²) in [4.78, 5) is 0. The molecule has 0 aromatic carbocycles. The Hall–Kier alpha value is 0. The van der Waals surface area contributed by atoms with E-state index in [1.54, 1.807) is 0 Å². The minimum Gasteiger partial charge on any atom is -0.0654 e. The summed E-state index contributed by atoms with van der Waals surface area (Å²) in [5.74, 6) is 1.08. The third-order valence-corrected chi connectivity index (χ3v) is 2.32. The van der Waals surface area contributed by atoms with Crippen molar-refractivity contribution >= 4 is 0 Å². The molecule has 1 aliphatic carbocycles. The zero-order valence-corrected chi connectivity index (χ0v) is 11.2. The van der Waals surface area contributed by atoms with Crippen LogP contribution in [0.2, 0.25) is 0 Å². The predicted molar refractivity (Wildman–Crippen MR) is 68.8 cm³/mol. The average molecular weight is 200 g/mol. The third-order valence-electron chi connectivity index (χ3n) is 2.32. The third kappa shape index (κ3) is 29.6. The number of rotatable bonds is 4. The Morgan fingerprint density at radius 2 is 1.00 bits per heavy atom. The van der Waals surface area contributed by atoms with Crippen LogP contribution in [0.15, 0.2) is 0 Å². The Morgan fingerprint density at radius 1 is 0.714 bits per heavy atom. The van der Waals surface area contributed by atoms with E-state index in [1.165, 1.54) is 51.4 Å². The fraction of sp³-hybridized carbons (Fsp3) is 1.00. The van der Waals surface area contributed by atoms with Gasteiger partial charge in [-0.15, -0.1) is 0 Å². The van der Waals surface area contributed by atoms with Crippen molar-refractivity contribution in [3.63, 3.8) is 0 Å². The molecule has 1 fully saturated rings. The van der Waals surface area contributed by atoms with E-state index < -0.39 is 0 Å². The van der Waals surface area contributed by atoms with Crippen molar-refractivity contribution < 1.29 is 0 Å². The van der Waals surface area contributed by atoms with Gasteiger partial charge in [0.25, 0.3) is 0 Å². The van der Waals surface area contributed by atoms with Gasteiger partial charge in [-0.25, -0.2) is 0 Å². The summed E-state index contributed by atoms with van der Waals surface area (Å²) in [6.45, 7) is 11.1. The van der Waals surface area contributed by atoms with Gasteiger partial charge in [0.2, 0.25) is 0 Å². The Kier molecular flexibility index (Phi) is 18.2. The highest BCUT2D eigenvalue weighted by molar-refractivity contribution is 4.65. The van der Waals surface area contributed by atoms with Crippen LogP contribution in [0.5, 0.6) is 0 Å². The zero-order valence-electron chi connectivity index (χ0n) is 11.2. The van der Waals surface area contributed by atoms with Crippen molar-refractivity contribution in [2.45, 2.75) is 86.0 Å². The van der Waals surface area contributed by atoms with E-state index in [1.807, 2.05) is 0 Å². The molecule has 0 bridgehead atoms. The number of hydrogen-bond acceptors (Lipinski definition) is 0. The molecule has 0 nitrogen and oxygen atoms in total. The molecule has 1 rings (SSSR count). The van der Waals surface area contributed by atoms with Crippen molar-refractivity contribution in [1.82, 2.24) is 0 Å². The van der Waals surface area contributed by atoms with Crippen LogP contribution in [-0.2, 0) is 0 Å². The molecule has 0 N–H and O–H groups in total. The smallest absolute Gasteiger partial charge is 0.0443 e. The van der Waals surface area contributed by atoms with Crippen LogP contribution in [-0.4, -0.2) is 0 Å². The molecule has 0 aromatic heterocycles. The van der Waals surface area contributed by atoms with Crippen LogP contribution < -0.4 is 0 Å². The number of hydrogen-bond donors (Lipinski definition) is 0. The molecule has 0 amide bonds. The van der Waals surface area contributed by atoms with E-state index in [2.05, 4.69) is 34.6 Å². The summed E-state index contributed by atoms with van der Waals surface area (Å²) in [6, 6.07) is 0. The molecule has 0 spiro atoms. The Morgan fingerprint density at radius 3 is 1.07 bits per heavy atom. The normalized spacial score (nSPS) is 13.5. The summed E-state index contributed by atoms with van der Waals surface area (Å²) in [6.07, 6.45) is 11.1. The van der Waals surface area contributed by atoms with Gasteiger partial charge in [-0.3, -0.25) is 0 Å². The largest absolute Gasteiger partial charge is 0.0654 e. The van der Waals surface area contributed by atoms with Crippen LogP contribution in [0.3, 0.4) is 0 Å². The van der Waals surface area contributed by atoms with Crippen molar-refractivity contribution in [3.05, 3.63) is 0 Å². The van der Waals surface area contributed by atoms with Crippen LogP contribution in [0.4, 0.5) is 0 Å². The molecule has 1 saturated carbocycles. The van der Waals surface area contributed by atoms with Gasteiger partial charge in [0.15, 0.2) is 0 Å². The van der Waals surface area contributed by atoms with E-state index in [9.17, 15) is 0 Å². The predicted octanol–water partition coefficient (Wildman–Crippen LogP) is 5.81. The van der Waals surface area contributed by atoms with Crippen LogP contribution in [0.1, 0.15) is 86.0 Å². The highest BCUT2D eigenvalue weighted by atomic mass is 14.2. The van der Waals surface area contributed by atoms with Crippen LogP contribution in [0, 0.1) is 5.92 Å². The highest BCUT2D eigenvalue weighted by Crippen LogP contribution is 2.26. The first-order valence-electron chi connectivity index (χ1n) is 6.72. The summed E-state index contributed by atoms with van der Waals surface area (Å²) in [5, 5.41) is 0. The van der Waals surface area contributed by atoms with Crippen molar-refractivity contribution in [3.8, 4) is 0 Å². The molecule has 0 heteroatoms. The summed E-state index contributed by atoms with van der Waals surface area (Å²) in [7, 11) is 0. The maximum atomic E-state index is 2.28. The molecule has 0 saturated heterocycles. The molecule has 14 heavy (non-hydrogen) atoms. The molecule has 88 valence electrons. The first-order valence-corrected chi connectivity index (χ1v) is 6.72. The first-order chi connectivity index (χ1) is 6.72. The molecular weight excluding hydrogens is 168 g/mol. The molecule has 0 atom stereocenters. The van der Waals surface area contributed by atoms with Crippen LogP contribution in [0.25, 0.3) is 0 Å². The van der Waals surface area contributed by atoms with Gasteiger partial charge in [0.05, 0.1) is 0 Å². The van der Waals surface area contributed by atoms with E-state index in [0.29, 0.717) is 0 Å². The maximum Gasteiger partial charge on any atom is -0.0443 e. The van der Waals surface area contributed by atoms with Crippen molar-refractivity contribution in [2.24, 2.45) is 5.92 Å². The lowest BCUT2D eigenvalue weighted by Gasteiger charge is -1.86. The summed E-state index contributed by atoms with van der Waals surface area (Å²) >= 11 is 0. The van der Waals surface area contributed by atoms with Gasteiger partial charge in [-0.1, -0.05) is 86.0 Å². The minimum atomic E-state index is 1.08. The van der Waals surface area contributed by atoms with E-state index in [0.717, 1.165) is 5.92 Å². The van der Waals surface area contributed by atoms with E-state index in [-0.39, 0.29) is 0 Å². The second-order valence-electron chi connectivity index (χ2n) is 4.39. The number of unbranched alkanes of at least 4 members (excludes halogenated alkanes) is 4. The second-order valence-corrected chi connectivity index (χ2v) is 4.39. The quantitative estimate of drug-likeness (QED) is 0.502. The zero-order chi connectivity index (χ0) is 11.2. The van der Waals surface area contributed by atoms with Gasteiger partial charge in [-0.05, 0) is 5.92 Å². The standard InChI is InChI=1S/C6H14.C4H8.C4H10/c1-3-5-6-4-2;1-4-2-3-4;1-3-4-2/h3-6H2,1-2H3;4H,2-3H2,1H3;3-4H2,1-2H3.